The SMILES string of the molecule is CC(C)(C)OC(=O)Nc1ccc(CC(=O)NCc2ccc(Cl)cc2)cc1. The van der Waals surface area contributed by atoms with Crippen molar-refractivity contribution in [3.63, 3.8) is 0 Å². The summed E-state index contributed by atoms with van der Waals surface area (Å²) in [5.74, 6) is -0.0761. The molecule has 0 spiro atoms. The lowest BCUT2D eigenvalue weighted by atomic mass is 10.1. The van der Waals surface area contributed by atoms with E-state index in [1.165, 1.54) is 0 Å². The third-order valence-corrected chi connectivity index (χ3v) is 3.62. The van der Waals surface area contributed by atoms with Gasteiger partial charge in [0, 0.05) is 17.3 Å². The molecule has 0 heterocycles. The number of nitrogens with one attached hydrogen (secondary N) is 2. The van der Waals surface area contributed by atoms with E-state index in [0.29, 0.717) is 17.3 Å². The van der Waals surface area contributed by atoms with Gasteiger partial charge in [0.25, 0.3) is 0 Å². The van der Waals surface area contributed by atoms with Crippen LogP contribution < -0.4 is 10.6 Å². The Morgan fingerprint density at radius 1 is 0.962 bits per heavy atom. The van der Waals surface area contributed by atoms with Gasteiger partial charge in [-0.1, -0.05) is 35.9 Å². The van der Waals surface area contributed by atoms with Gasteiger partial charge in [-0.25, -0.2) is 4.79 Å². The fourth-order valence-corrected chi connectivity index (χ4v) is 2.30. The van der Waals surface area contributed by atoms with E-state index in [1.807, 2.05) is 12.1 Å². The van der Waals surface area contributed by atoms with Crippen molar-refractivity contribution in [3.8, 4) is 0 Å². The molecule has 138 valence electrons. The van der Waals surface area contributed by atoms with Gasteiger partial charge in [-0.3, -0.25) is 10.1 Å². The maximum absolute atomic E-state index is 12.0. The molecule has 0 fully saturated rings. The molecular formula is C20H23ClN2O3. The van der Waals surface area contributed by atoms with Crippen LogP contribution in [0.1, 0.15) is 31.9 Å². The fraction of sp³-hybridized carbons (Fsp3) is 0.300. The molecule has 0 bridgehead atoms. The summed E-state index contributed by atoms with van der Waals surface area (Å²) in [4.78, 5) is 23.8. The number of halogens is 1. The Morgan fingerprint density at radius 2 is 1.54 bits per heavy atom. The largest absolute Gasteiger partial charge is 0.444 e. The third-order valence-electron chi connectivity index (χ3n) is 3.37. The summed E-state index contributed by atoms with van der Waals surface area (Å²) in [6.45, 7) is 5.86. The van der Waals surface area contributed by atoms with Gasteiger partial charge in [0.05, 0.1) is 6.42 Å². The molecule has 2 aromatic carbocycles. The Hall–Kier alpha value is -2.53. The Bertz CT molecular complexity index is 750. The number of hydrogen-bond donors (Lipinski definition) is 2. The van der Waals surface area contributed by atoms with Gasteiger partial charge in [0.1, 0.15) is 5.60 Å². The lowest BCUT2D eigenvalue weighted by Gasteiger charge is -2.19. The molecule has 5 nitrogen and oxygen atoms in total. The molecule has 2 aromatic rings. The number of amides is 2. The number of benzene rings is 2. The lowest BCUT2D eigenvalue weighted by Crippen LogP contribution is -2.27. The number of carbonyl (C=O) groups excluding carboxylic acids is 2. The fourth-order valence-electron chi connectivity index (χ4n) is 2.18. The van der Waals surface area contributed by atoms with E-state index in [4.69, 9.17) is 16.3 Å². The standard InChI is InChI=1S/C20H23ClN2O3/c1-20(2,3)26-19(25)23-17-10-6-14(7-11-17)12-18(24)22-13-15-4-8-16(21)9-5-15/h4-11H,12-13H2,1-3H3,(H,22,24)(H,23,25). The third kappa shape index (κ3) is 7.15. The summed E-state index contributed by atoms with van der Waals surface area (Å²) in [7, 11) is 0. The van der Waals surface area contributed by atoms with E-state index < -0.39 is 11.7 Å². The van der Waals surface area contributed by atoms with Crippen molar-refractivity contribution in [2.24, 2.45) is 0 Å². The lowest BCUT2D eigenvalue weighted by molar-refractivity contribution is -0.120. The minimum atomic E-state index is -0.549. The highest BCUT2D eigenvalue weighted by Gasteiger charge is 2.16. The first kappa shape index (κ1) is 19.8. The first-order valence-corrected chi connectivity index (χ1v) is 8.69. The molecule has 0 radical (unpaired) electrons. The minimum absolute atomic E-state index is 0.0761. The molecule has 0 saturated heterocycles. The van der Waals surface area contributed by atoms with Crippen LogP contribution in [-0.4, -0.2) is 17.6 Å². The number of anilines is 1. The van der Waals surface area contributed by atoms with Crippen molar-refractivity contribution >= 4 is 29.3 Å². The van der Waals surface area contributed by atoms with Crippen LogP contribution in [0.3, 0.4) is 0 Å². The normalized spacial score (nSPS) is 10.9. The van der Waals surface area contributed by atoms with Gasteiger partial charge in [-0.15, -0.1) is 0 Å². The summed E-state index contributed by atoms with van der Waals surface area (Å²) >= 11 is 5.84. The van der Waals surface area contributed by atoms with Crippen molar-refractivity contribution in [1.29, 1.82) is 0 Å². The smallest absolute Gasteiger partial charge is 0.412 e. The molecule has 0 saturated carbocycles. The van der Waals surface area contributed by atoms with Crippen molar-refractivity contribution < 1.29 is 14.3 Å². The van der Waals surface area contributed by atoms with Gasteiger partial charge in [-0.05, 0) is 56.2 Å². The number of hydrogen-bond acceptors (Lipinski definition) is 3. The van der Waals surface area contributed by atoms with E-state index in [9.17, 15) is 9.59 Å². The number of ether oxygens (including phenoxy) is 1. The van der Waals surface area contributed by atoms with Gasteiger partial charge in [-0.2, -0.15) is 0 Å². The number of carbonyl (C=O) groups is 2. The second-order valence-corrected chi connectivity index (χ2v) is 7.34. The summed E-state index contributed by atoms with van der Waals surface area (Å²) in [5.41, 5.74) is 1.91. The minimum Gasteiger partial charge on any atom is -0.444 e. The average molecular weight is 375 g/mol. The van der Waals surface area contributed by atoms with E-state index in [0.717, 1.165) is 11.1 Å². The van der Waals surface area contributed by atoms with E-state index in [-0.39, 0.29) is 12.3 Å². The first-order valence-electron chi connectivity index (χ1n) is 8.31. The zero-order valence-corrected chi connectivity index (χ0v) is 15.9. The predicted molar refractivity (Wildman–Crippen MR) is 103 cm³/mol. The van der Waals surface area contributed by atoms with Gasteiger partial charge in [0.15, 0.2) is 0 Å². The highest BCUT2D eigenvalue weighted by atomic mass is 35.5. The highest BCUT2D eigenvalue weighted by Crippen LogP contribution is 2.13. The molecule has 0 aliphatic rings. The van der Waals surface area contributed by atoms with Crippen molar-refractivity contribution in [3.05, 3.63) is 64.7 Å². The van der Waals surface area contributed by atoms with Crippen LogP contribution >= 0.6 is 11.6 Å². The van der Waals surface area contributed by atoms with Crippen LogP contribution in [0.25, 0.3) is 0 Å². The van der Waals surface area contributed by atoms with Crippen molar-refractivity contribution in [2.75, 3.05) is 5.32 Å². The molecule has 26 heavy (non-hydrogen) atoms. The highest BCUT2D eigenvalue weighted by molar-refractivity contribution is 6.30. The summed E-state index contributed by atoms with van der Waals surface area (Å²) < 4.78 is 5.20. The molecule has 2 rings (SSSR count). The topological polar surface area (TPSA) is 67.4 Å². The molecule has 0 unspecified atom stereocenters. The Kier molecular flexibility index (Phi) is 6.64. The summed E-state index contributed by atoms with van der Waals surface area (Å²) in [6.07, 6.45) is -0.244. The second-order valence-electron chi connectivity index (χ2n) is 6.90. The number of rotatable bonds is 5. The average Bonchev–Trinajstić information content (AvgIpc) is 2.54. The Balaban J connectivity index is 1.81. The first-order chi connectivity index (χ1) is 12.2. The monoisotopic (exact) mass is 374 g/mol. The molecular weight excluding hydrogens is 352 g/mol. The molecule has 0 aliphatic heterocycles. The zero-order valence-electron chi connectivity index (χ0n) is 15.1. The second kappa shape index (κ2) is 8.72. The van der Waals surface area contributed by atoms with Crippen molar-refractivity contribution in [1.82, 2.24) is 5.32 Å². The van der Waals surface area contributed by atoms with Crippen LogP contribution in [0.2, 0.25) is 5.02 Å². The van der Waals surface area contributed by atoms with Crippen LogP contribution in [-0.2, 0) is 22.5 Å². The zero-order chi connectivity index (χ0) is 19.2. The molecule has 0 atom stereocenters. The van der Waals surface area contributed by atoms with Gasteiger partial charge < -0.3 is 10.1 Å². The maximum Gasteiger partial charge on any atom is 0.412 e. The molecule has 2 N–H and O–H groups in total. The summed E-state index contributed by atoms with van der Waals surface area (Å²) in [5, 5.41) is 6.19. The van der Waals surface area contributed by atoms with Crippen molar-refractivity contribution in [2.45, 2.75) is 39.3 Å². The van der Waals surface area contributed by atoms with Gasteiger partial charge >= 0.3 is 6.09 Å². The van der Waals surface area contributed by atoms with Crippen LogP contribution in [0.15, 0.2) is 48.5 Å². The van der Waals surface area contributed by atoms with E-state index in [1.54, 1.807) is 57.2 Å². The molecule has 0 aliphatic carbocycles. The van der Waals surface area contributed by atoms with Crippen LogP contribution in [0, 0.1) is 0 Å². The summed E-state index contributed by atoms with van der Waals surface area (Å²) in [6, 6.07) is 14.4. The van der Waals surface area contributed by atoms with Crippen LogP contribution in [0.5, 0.6) is 0 Å². The maximum atomic E-state index is 12.0. The molecule has 6 heteroatoms. The predicted octanol–water partition coefficient (Wildman–Crippen LogP) is 4.55. The molecule has 0 aromatic heterocycles. The Morgan fingerprint density at radius 3 is 2.12 bits per heavy atom. The molecule has 2 amide bonds. The van der Waals surface area contributed by atoms with E-state index >= 15 is 0 Å². The quantitative estimate of drug-likeness (QED) is 0.806. The van der Waals surface area contributed by atoms with Crippen LogP contribution in [0.4, 0.5) is 10.5 Å². The Labute approximate surface area is 158 Å². The van der Waals surface area contributed by atoms with E-state index in [2.05, 4.69) is 10.6 Å². The van der Waals surface area contributed by atoms with Gasteiger partial charge in [0.2, 0.25) is 5.91 Å².